The number of fused-ring (bicyclic) bond motifs is 2. The van der Waals surface area contributed by atoms with Gasteiger partial charge < -0.3 is 19.7 Å². The van der Waals surface area contributed by atoms with Crippen LogP contribution in [0.15, 0.2) is 30.3 Å². The summed E-state index contributed by atoms with van der Waals surface area (Å²) in [7, 11) is 0. The average molecular weight is 449 g/mol. The zero-order valence-electron chi connectivity index (χ0n) is 18.1. The van der Waals surface area contributed by atoms with E-state index in [9.17, 15) is 4.39 Å². The third-order valence-electron chi connectivity index (χ3n) is 5.74. The van der Waals surface area contributed by atoms with Crippen molar-refractivity contribution >= 4 is 6.08 Å². The molecule has 32 heavy (non-hydrogen) atoms. The maximum absolute atomic E-state index is 15.3. The molecule has 0 saturated carbocycles. The Kier molecular flexibility index (Phi) is 5.96. The molecule has 8 heteroatoms. The zero-order valence-corrected chi connectivity index (χ0v) is 18.1. The zero-order chi connectivity index (χ0) is 23.2. The van der Waals surface area contributed by atoms with Crippen molar-refractivity contribution in [1.82, 2.24) is 4.90 Å². The smallest absolute Gasteiger partial charge is 0.231 e. The largest absolute Gasteiger partial charge is 0.454 e. The minimum atomic E-state index is -1.74. The minimum absolute atomic E-state index is 0.0239. The highest BCUT2D eigenvalue weighted by molar-refractivity contribution is 5.55. The summed E-state index contributed by atoms with van der Waals surface area (Å²) in [6, 6.07) is 4.74. The van der Waals surface area contributed by atoms with E-state index in [4.69, 9.17) is 19.7 Å². The van der Waals surface area contributed by atoms with Crippen LogP contribution >= 0.6 is 0 Å². The van der Waals surface area contributed by atoms with Crippen molar-refractivity contribution < 1.29 is 32.9 Å². The van der Waals surface area contributed by atoms with Crippen LogP contribution in [0.5, 0.6) is 11.5 Å². The van der Waals surface area contributed by atoms with E-state index in [0.29, 0.717) is 23.5 Å². The highest BCUT2D eigenvalue weighted by atomic mass is 19.1. The summed E-state index contributed by atoms with van der Waals surface area (Å²) < 4.78 is 56.4. The maximum atomic E-state index is 15.3. The third-order valence-corrected chi connectivity index (χ3v) is 5.74. The van der Waals surface area contributed by atoms with Gasteiger partial charge in [0.15, 0.2) is 17.8 Å². The molecule has 2 N–H and O–H groups in total. The number of aliphatic hydroxyl groups excluding tert-OH is 1. The molecule has 4 rings (SSSR count). The first-order valence-corrected chi connectivity index (χ1v) is 10.4. The van der Waals surface area contributed by atoms with E-state index >= 15 is 8.78 Å². The van der Waals surface area contributed by atoms with Crippen molar-refractivity contribution in [3.8, 4) is 11.5 Å². The number of nitrogens with zero attached hydrogens (tertiary/aromatic N) is 1. The van der Waals surface area contributed by atoms with Gasteiger partial charge in [0.1, 0.15) is 17.3 Å². The Morgan fingerprint density at radius 1 is 1.12 bits per heavy atom. The van der Waals surface area contributed by atoms with Gasteiger partial charge in [-0.3, -0.25) is 4.90 Å². The number of hydrogen-bond acceptors (Lipinski definition) is 5. The number of benzene rings is 2. The Balaban J connectivity index is 1.87. The fraction of sp³-hybridized carbons (Fsp3) is 0.417. The van der Waals surface area contributed by atoms with Crippen LogP contribution in [-0.2, 0) is 6.42 Å². The summed E-state index contributed by atoms with van der Waals surface area (Å²) in [5, 5.41) is 18.0. The Hall–Kier alpha value is -2.55. The highest BCUT2D eigenvalue weighted by Gasteiger charge is 2.40. The van der Waals surface area contributed by atoms with Gasteiger partial charge in [0.2, 0.25) is 6.79 Å². The number of rotatable bonds is 5. The molecule has 5 nitrogen and oxygen atoms in total. The second-order valence-electron chi connectivity index (χ2n) is 8.92. The van der Waals surface area contributed by atoms with Crippen molar-refractivity contribution in [3.63, 3.8) is 0 Å². The molecule has 0 bridgehead atoms. The van der Waals surface area contributed by atoms with E-state index in [-0.39, 0.29) is 30.5 Å². The molecule has 0 aliphatic carbocycles. The van der Waals surface area contributed by atoms with E-state index in [1.54, 1.807) is 11.0 Å². The molecule has 0 aromatic heterocycles. The molecule has 2 heterocycles. The lowest BCUT2D eigenvalue weighted by Crippen LogP contribution is -2.48. The van der Waals surface area contributed by atoms with Crippen molar-refractivity contribution in [3.05, 3.63) is 64.2 Å². The fourth-order valence-corrected chi connectivity index (χ4v) is 4.46. The van der Waals surface area contributed by atoms with Crippen LogP contribution in [0.3, 0.4) is 0 Å². The normalized spacial score (nSPS) is 20.9. The predicted molar refractivity (Wildman–Crippen MR) is 113 cm³/mol. The monoisotopic (exact) mass is 449 g/mol. The van der Waals surface area contributed by atoms with Crippen LogP contribution in [0.4, 0.5) is 13.2 Å². The molecule has 0 fully saturated rings. The van der Waals surface area contributed by atoms with Crippen molar-refractivity contribution in [2.45, 2.75) is 51.2 Å². The number of hydrogen-bond donors (Lipinski definition) is 2. The van der Waals surface area contributed by atoms with Crippen LogP contribution in [0.2, 0.25) is 0 Å². The molecule has 0 radical (unpaired) electrons. The quantitative estimate of drug-likeness (QED) is 0.673. The lowest BCUT2D eigenvalue weighted by Gasteiger charge is -2.44. The molecule has 0 amide bonds. The Morgan fingerprint density at radius 3 is 2.34 bits per heavy atom. The number of ether oxygens (including phenoxy) is 2. The van der Waals surface area contributed by atoms with Crippen LogP contribution in [-0.4, -0.2) is 46.5 Å². The van der Waals surface area contributed by atoms with Crippen molar-refractivity contribution in [2.24, 2.45) is 0 Å². The number of halogens is 3. The van der Waals surface area contributed by atoms with E-state index in [1.165, 1.54) is 19.9 Å². The molecule has 172 valence electrons. The number of aliphatic hydroxyl groups is 2. The number of alkyl halides is 1. The van der Waals surface area contributed by atoms with Crippen LogP contribution in [0.1, 0.15) is 49.1 Å². The second kappa shape index (κ2) is 8.42. The van der Waals surface area contributed by atoms with E-state index in [2.05, 4.69) is 0 Å². The van der Waals surface area contributed by atoms with Gasteiger partial charge in [-0.15, -0.1) is 0 Å². The van der Waals surface area contributed by atoms with Crippen LogP contribution < -0.4 is 9.47 Å². The van der Waals surface area contributed by atoms with E-state index in [1.807, 2.05) is 13.0 Å². The molecule has 2 unspecified atom stereocenters. The van der Waals surface area contributed by atoms with Gasteiger partial charge in [-0.1, -0.05) is 6.08 Å². The van der Waals surface area contributed by atoms with Crippen LogP contribution in [0.25, 0.3) is 6.08 Å². The lowest BCUT2D eigenvalue weighted by molar-refractivity contribution is 0.00303. The van der Waals surface area contributed by atoms with Gasteiger partial charge in [-0.05, 0) is 74.2 Å². The van der Waals surface area contributed by atoms with E-state index in [0.717, 1.165) is 23.8 Å². The molecular formula is C24H26F3NO4. The van der Waals surface area contributed by atoms with E-state index < -0.39 is 29.6 Å². The first kappa shape index (κ1) is 22.6. The highest BCUT2D eigenvalue weighted by Crippen LogP contribution is 2.46. The van der Waals surface area contributed by atoms with Gasteiger partial charge in [0.05, 0.1) is 6.04 Å². The molecule has 0 spiro atoms. The van der Waals surface area contributed by atoms with Gasteiger partial charge >= 0.3 is 0 Å². The minimum Gasteiger partial charge on any atom is -0.454 e. The molecule has 2 aromatic carbocycles. The lowest BCUT2D eigenvalue weighted by atomic mass is 9.83. The summed E-state index contributed by atoms with van der Waals surface area (Å²) >= 11 is 0. The third kappa shape index (κ3) is 4.48. The average Bonchev–Trinajstić information content (AvgIpc) is 3.13. The summed E-state index contributed by atoms with van der Waals surface area (Å²) in [5.41, 5.74) is -0.131. The topological polar surface area (TPSA) is 62.2 Å². The molecular weight excluding hydrogens is 423 g/mol. The first-order valence-electron chi connectivity index (χ1n) is 10.4. The molecule has 0 saturated heterocycles. The predicted octanol–water partition coefficient (Wildman–Crippen LogP) is 4.10. The van der Waals surface area contributed by atoms with Gasteiger partial charge in [0, 0.05) is 18.2 Å². The maximum Gasteiger partial charge on any atom is 0.231 e. The Morgan fingerprint density at radius 2 is 1.75 bits per heavy atom. The van der Waals surface area contributed by atoms with Crippen molar-refractivity contribution in [1.29, 1.82) is 0 Å². The van der Waals surface area contributed by atoms with Gasteiger partial charge in [-0.2, -0.15) is 0 Å². The summed E-state index contributed by atoms with van der Waals surface area (Å²) in [5.74, 6) is -0.541. The molecule has 2 aromatic rings. The van der Waals surface area contributed by atoms with Gasteiger partial charge in [0.25, 0.3) is 0 Å². The molecule has 2 atom stereocenters. The van der Waals surface area contributed by atoms with Crippen LogP contribution in [0, 0.1) is 11.6 Å². The first-order chi connectivity index (χ1) is 15.0. The SMILES string of the molecule is CC1Cc2cc3c(cc2C(c2c(F)cc(/C=C/C(O)O)cc2F)N1CC(C)(C)F)OCO3. The standard InChI is InChI=1S/C24H26F3NO4/c1-13-6-15-9-19-20(32-12-31-19)10-16(15)23(28(13)11-24(2,3)27)22-17(25)7-14(8-18(22)26)4-5-21(29)30/h4-5,7-10,13,21,23,29-30H,6,11-12H2,1-3H3/b5-4+. The van der Waals surface area contributed by atoms with Crippen molar-refractivity contribution in [2.75, 3.05) is 13.3 Å². The molecule has 2 aliphatic rings. The Labute approximate surface area is 184 Å². The molecule has 2 aliphatic heterocycles. The Bertz CT molecular complexity index is 1030. The summed E-state index contributed by atoms with van der Waals surface area (Å²) in [4.78, 5) is 1.78. The second-order valence-corrected chi connectivity index (χ2v) is 8.92. The fourth-order valence-electron chi connectivity index (χ4n) is 4.46. The summed E-state index contributed by atoms with van der Waals surface area (Å²) in [6.45, 7) is 4.82. The van der Waals surface area contributed by atoms with Gasteiger partial charge in [-0.25, -0.2) is 13.2 Å². The summed E-state index contributed by atoms with van der Waals surface area (Å²) in [6.07, 6.45) is 1.05.